The molecule has 0 bridgehead atoms. The van der Waals surface area contributed by atoms with Crippen molar-refractivity contribution in [3.05, 3.63) is 48.4 Å². The number of amides is 1. The number of H-pyrrole nitrogens is 1. The standard InChI is InChI=1S/C28H36BN3O4S/c1-26(2,3)34-25(33)32-16-8-9-21(32)24-30-17-20(31-24)18-10-12-19(13-11-18)22-14-15-23(37-22)29-35-27(4,5)28(6,7)36-29/h10-15,17,21H,8-9,16H2,1-7H3,(H,30,31)/t21-/m1/s1. The minimum Gasteiger partial charge on any atom is -0.444 e. The zero-order chi connectivity index (χ0) is 26.6. The number of rotatable bonds is 4. The van der Waals surface area contributed by atoms with E-state index in [9.17, 15) is 4.79 Å². The van der Waals surface area contributed by atoms with Gasteiger partial charge < -0.3 is 19.0 Å². The average Bonchev–Trinajstić information content (AvgIpc) is 3.59. The Morgan fingerprint density at radius 3 is 2.38 bits per heavy atom. The van der Waals surface area contributed by atoms with Crippen LogP contribution in [0.3, 0.4) is 0 Å². The first kappa shape index (κ1) is 26.0. The summed E-state index contributed by atoms with van der Waals surface area (Å²) in [6.45, 7) is 14.6. The second kappa shape index (κ2) is 9.29. The molecule has 196 valence electrons. The second-order valence-electron chi connectivity index (χ2n) is 11.9. The van der Waals surface area contributed by atoms with Gasteiger partial charge in [-0.15, -0.1) is 11.3 Å². The average molecular weight is 521 g/mol. The van der Waals surface area contributed by atoms with Crippen LogP contribution in [0.2, 0.25) is 0 Å². The number of nitrogens with one attached hydrogen (secondary N) is 1. The molecule has 5 rings (SSSR count). The number of carbonyl (C=O) groups is 1. The maximum atomic E-state index is 12.7. The third-order valence-electron chi connectivity index (χ3n) is 7.38. The normalized spacial score (nSPS) is 21.0. The second-order valence-corrected chi connectivity index (χ2v) is 13.0. The van der Waals surface area contributed by atoms with Gasteiger partial charge in [0.15, 0.2) is 0 Å². The zero-order valence-corrected chi connectivity index (χ0v) is 23.6. The number of ether oxygens (including phenoxy) is 1. The Morgan fingerprint density at radius 1 is 1.08 bits per heavy atom. The molecule has 2 aromatic heterocycles. The fourth-order valence-corrected chi connectivity index (χ4v) is 5.62. The summed E-state index contributed by atoms with van der Waals surface area (Å²) >= 11 is 1.69. The van der Waals surface area contributed by atoms with E-state index in [-0.39, 0.29) is 30.5 Å². The van der Waals surface area contributed by atoms with Gasteiger partial charge in [-0.25, -0.2) is 9.78 Å². The van der Waals surface area contributed by atoms with Gasteiger partial charge in [-0.1, -0.05) is 30.3 Å². The predicted octanol–water partition coefficient (Wildman–Crippen LogP) is 6.18. The smallest absolute Gasteiger partial charge is 0.444 e. The fraction of sp³-hybridized carbons (Fsp3) is 0.500. The molecule has 2 aliphatic rings. The van der Waals surface area contributed by atoms with Crippen molar-refractivity contribution in [3.63, 3.8) is 0 Å². The Labute approximate surface area is 223 Å². The van der Waals surface area contributed by atoms with E-state index >= 15 is 0 Å². The van der Waals surface area contributed by atoms with Crippen LogP contribution in [-0.2, 0) is 14.0 Å². The summed E-state index contributed by atoms with van der Waals surface area (Å²) in [5.41, 5.74) is 1.90. The first-order valence-corrected chi connectivity index (χ1v) is 13.8. The number of likely N-dealkylation sites (tertiary alicyclic amines) is 1. The van der Waals surface area contributed by atoms with Gasteiger partial charge in [0.05, 0.1) is 29.1 Å². The molecule has 7 nitrogen and oxygen atoms in total. The molecule has 0 aliphatic carbocycles. The van der Waals surface area contributed by atoms with Crippen molar-refractivity contribution in [2.24, 2.45) is 0 Å². The van der Waals surface area contributed by atoms with E-state index < -0.39 is 5.60 Å². The van der Waals surface area contributed by atoms with E-state index in [0.29, 0.717) is 6.54 Å². The number of benzene rings is 1. The van der Waals surface area contributed by atoms with Crippen LogP contribution in [0, 0.1) is 0 Å². The third-order valence-corrected chi connectivity index (χ3v) is 8.54. The molecule has 4 heterocycles. The summed E-state index contributed by atoms with van der Waals surface area (Å²) in [6.07, 6.45) is 3.36. The topological polar surface area (TPSA) is 76.7 Å². The minimum atomic E-state index is -0.520. The van der Waals surface area contributed by atoms with Gasteiger partial charge in [0, 0.05) is 16.2 Å². The van der Waals surface area contributed by atoms with E-state index in [2.05, 4.69) is 74.1 Å². The SMILES string of the molecule is CC(C)(C)OC(=O)N1CCC[C@@H]1c1ncc(-c2ccc(-c3ccc(B4OC(C)(C)C(C)(C)O4)s3)cc2)[nH]1. The van der Waals surface area contributed by atoms with Crippen molar-refractivity contribution < 1.29 is 18.8 Å². The van der Waals surface area contributed by atoms with Gasteiger partial charge in [0.1, 0.15) is 11.4 Å². The lowest BCUT2D eigenvalue weighted by atomic mass is 9.88. The van der Waals surface area contributed by atoms with E-state index in [0.717, 1.165) is 40.3 Å². The van der Waals surface area contributed by atoms with Crippen LogP contribution < -0.4 is 4.78 Å². The van der Waals surface area contributed by atoms with Crippen LogP contribution in [-0.4, -0.2) is 51.4 Å². The van der Waals surface area contributed by atoms with Gasteiger partial charge in [0.2, 0.25) is 0 Å². The molecule has 0 radical (unpaired) electrons. The Hall–Kier alpha value is -2.62. The number of carbonyl (C=O) groups excluding carboxylic acids is 1. The van der Waals surface area contributed by atoms with Crippen molar-refractivity contribution in [1.82, 2.24) is 14.9 Å². The molecule has 1 aromatic carbocycles. The number of aromatic amines is 1. The number of imidazole rings is 1. The Balaban J connectivity index is 1.28. The Kier molecular flexibility index (Phi) is 6.53. The van der Waals surface area contributed by atoms with Crippen molar-refractivity contribution in [1.29, 1.82) is 0 Å². The Bertz CT molecular complexity index is 1260. The summed E-state index contributed by atoms with van der Waals surface area (Å²) in [5.74, 6) is 0.799. The lowest BCUT2D eigenvalue weighted by Gasteiger charge is -2.32. The molecular formula is C28H36BN3O4S. The van der Waals surface area contributed by atoms with E-state index in [1.54, 1.807) is 16.2 Å². The maximum absolute atomic E-state index is 12.7. The van der Waals surface area contributed by atoms with Crippen LogP contribution in [0.1, 0.15) is 73.2 Å². The fourth-order valence-electron chi connectivity index (χ4n) is 4.65. The van der Waals surface area contributed by atoms with E-state index in [4.69, 9.17) is 14.0 Å². The molecule has 37 heavy (non-hydrogen) atoms. The van der Waals surface area contributed by atoms with Crippen molar-refractivity contribution >= 4 is 29.3 Å². The van der Waals surface area contributed by atoms with E-state index in [1.165, 1.54) is 4.88 Å². The monoisotopic (exact) mass is 521 g/mol. The van der Waals surface area contributed by atoms with Gasteiger partial charge in [-0.2, -0.15) is 0 Å². The van der Waals surface area contributed by atoms with Gasteiger partial charge in [-0.05, 0) is 78.5 Å². The summed E-state index contributed by atoms with van der Waals surface area (Å²) < 4.78 is 19.1. The molecule has 2 fully saturated rings. The summed E-state index contributed by atoms with van der Waals surface area (Å²) in [7, 11) is -0.345. The predicted molar refractivity (Wildman–Crippen MR) is 148 cm³/mol. The van der Waals surface area contributed by atoms with E-state index in [1.807, 2.05) is 27.0 Å². The zero-order valence-electron chi connectivity index (χ0n) is 22.8. The van der Waals surface area contributed by atoms with Crippen LogP contribution in [0.15, 0.2) is 42.6 Å². The number of thiophene rings is 1. The number of hydrogen-bond acceptors (Lipinski definition) is 6. The van der Waals surface area contributed by atoms with Crippen LogP contribution in [0.25, 0.3) is 21.7 Å². The first-order chi connectivity index (χ1) is 17.3. The molecule has 0 unspecified atom stereocenters. The van der Waals surface area contributed by atoms with Crippen molar-refractivity contribution in [2.75, 3.05) is 6.54 Å². The highest BCUT2D eigenvalue weighted by molar-refractivity contribution is 7.25. The lowest BCUT2D eigenvalue weighted by Crippen LogP contribution is -2.41. The van der Waals surface area contributed by atoms with Gasteiger partial charge in [-0.3, -0.25) is 4.90 Å². The van der Waals surface area contributed by atoms with Crippen LogP contribution in [0.5, 0.6) is 0 Å². The highest BCUT2D eigenvalue weighted by atomic mass is 32.1. The molecule has 2 saturated heterocycles. The molecule has 0 saturated carbocycles. The van der Waals surface area contributed by atoms with Gasteiger partial charge >= 0.3 is 13.2 Å². The third kappa shape index (κ3) is 5.22. The summed E-state index contributed by atoms with van der Waals surface area (Å²) in [4.78, 5) is 23.7. The first-order valence-electron chi connectivity index (χ1n) is 12.9. The van der Waals surface area contributed by atoms with Crippen LogP contribution in [0.4, 0.5) is 4.79 Å². The molecule has 1 atom stereocenters. The van der Waals surface area contributed by atoms with Crippen LogP contribution >= 0.6 is 11.3 Å². The summed E-state index contributed by atoms with van der Waals surface area (Å²) in [5, 5.41) is 0. The quantitative estimate of drug-likeness (QED) is 0.415. The highest BCUT2D eigenvalue weighted by Gasteiger charge is 2.52. The molecule has 1 amide bonds. The molecule has 9 heteroatoms. The van der Waals surface area contributed by atoms with Crippen molar-refractivity contribution in [3.8, 4) is 21.7 Å². The lowest BCUT2D eigenvalue weighted by molar-refractivity contribution is 0.00578. The molecular weight excluding hydrogens is 485 g/mol. The minimum absolute atomic E-state index is 0.0950. The number of hydrogen-bond donors (Lipinski definition) is 1. The summed E-state index contributed by atoms with van der Waals surface area (Å²) in [6, 6.07) is 12.6. The maximum Gasteiger partial charge on any atom is 0.505 e. The molecule has 1 N–H and O–H groups in total. The largest absolute Gasteiger partial charge is 0.505 e. The highest BCUT2D eigenvalue weighted by Crippen LogP contribution is 2.38. The number of nitrogens with zero attached hydrogens (tertiary/aromatic N) is 2. The molecule has 3 aromatic rings. The Morgan fingerprint density at radius 2 is 1.73 bits per heavy atom. The number of aromatic nitrogens is 2. The van der Waals surface area contributed by atoms with Gasteiger partial charge in [0.25, 0.3) is 0 Å². The molecule has 2 aliphatic heterocycles. The van der Waals surface area contributed by atoms with Crippen molar-refractivity contribution in [2.45, 2.75) is 84.2 Å². The molecule has 0 spiro atoms.